The summed E-state index contributed by atoms with van der Waals surface area (Å²) in [6.45, 7) is 1.42. The maximum Gasteiger partial charge on any atom is 0.259 e. The molecular formula is C20H18ClN3O3. The van der Waals surface area contributed by atoms with Crippen molar-refractivity contribution >= 4 is 39.9 Å². The van der Waals surface area contributed by atoms with E-state index in [4.69, 9.17) is 11.6 Å². The minimum Gasteiger partial charge on any atom is -0.345 e. The molecule has 0 aliphatic carbocycles. The van der Waals surface area contributed by atoms with Crippen LogP contribution < -0.4 is 16.2 Å². The number of aryl methyl sites for hydroxylation is 1. The van der Waals surface area contributed by atoms with Gasteiger partial charge in [-0.2, -0.15) is 0 Å². The van der Waals surface area contributed by atoms with E-state index in [1.54, 1.807) is 43.3 Å². The van der Waals surface area contributed by atoms with Gasteiger partial charge in [-0.1, -0.05) is 35.9 Å². The van der Waals surface area contributed by atoms with E-state index in [-0.39, 0.29) is 24.6 Å². The summed E-state index contributed by atoms with van der Waals surface area (Å²) < 4.78 is 1.40. The molecule has 0 atom stereocenters. The fourth-order valence-electron chi connectivity index (χ4n) is 2.77. The molecule has 2 aromatic carbocycles. The Balaban J connectivity index is 1.63. The van der Waals surface area contributed by atoms with Crippen LogP contribution in [0, 0.1) is 6.92 Å². The van der Waals surface area contributed by atoms with E-state index >= 15 is 0 Å². The van der Waals surface area contributed by atoms with Crippen LogP contribution in [0.25, 0.3) is 10.8 Å². The third-order valence-corrected chi connectivity index (χ3v) is 4.32. The van der Waals surface area contributed by atoms with E-state index in [1.807, 2.05) is 18.2 Å². The molecule has 6 nitrogen and oxygen atoms in total. The van der Waals surface area contributed by atoms with Crippen LogP contribution in [0.2, 0.25) is 5.02 Å². The summed E-state index contributed by atoms with van der Waals surface area (Å²) in [6.07, 6.45) is 0. The van der Waals surface area contributed by atoms with Crippen LogP contribution >= 0.6 is 11.6 Å². The van der Waals surface area contributed by atoms with E-state index in [0.717, 1.165) is 5.39 Å². The molecule has 0 aliphatic heterocycles. The van der Waals surface area contributed by atoms with Crippen molar-refractivity contribution in [1.29, 1.82) is 0 Å². The number of benzene rings is 2. The predicted octanol–water partition coefficient (Wildman–Crippen LogP) is 2.72. The highest BCUT2D eigenvalue weighted by molar-refractivity contribution is 6.30. The van der Waals surface area contributed by atoms with Crippen molar-refractivity contribution in [2.24, 2.45) is 0 Å². The molecule has 138 valence electrons. The Morgan fingerprint density at radius 1 is 1.04 bits per heavy atom. The van der Waals surface area contributed by atoms with Gasteiger partial charge >= 0.3 is 0 Å². The van der Waals surface area contributed by atoms with Crippen molar-refractivity contribution in [2.75, 3.05) is 11.9 Å². The van der Waals surface area contributed by atoms with Crippen LogP contribution in [0.1, 0.15) is 5.69 Å². The molecule has 1 heterocycles. The number of carbonyl (C=O) groups excluding carboxylic acids is 2. The largest absolute Gasteiger partial charge is 0.345 e. The summed E-state index contributed by atoms with van der Waals surface area (Å²) in [5, 5.41) is 7.05. The minimum absolute atomic E-state index is 0.153. The van der Waals surface area contributed by atoms with Crippen molar-refractivity contribution in [3.8, 4) is 0 Å². The fraction of sp³-hybridized carbons (Fsp3) is 0.150. The number of aromatic nitrogens is 1. The SMILES string of the molecule is Cc1cc2ccccc2c(=O)n1CC(=O)NCC(=O)Nc1cccc(Cl)c1. The molecular weight excluding hydrogens is 366 g/mol. The molecule has 0 spiro atoms. The van der Waals surface area contributed by atoms with Crippen LogP contribution in [0.4, 0.5) is 5.69 Å². The third-order valence-electron chi connectivity index (χ3n) is 4.08. The lowest BCUT2D eigenvalue weighted by Gasteiger charge is -2.12. The van der Waals surface area contributed by atoms with E-state index < -0.39 is 5.91 Å². The molecule has 1 aromatic heterocycles. The van der Waals surface area contributed by atoms with Crippen LogP contribution in [0.5, 0.6) is 0 Å². The predicted molar refractivity (Wildman–Crippen MR) is 106 cm³/mol. The molecule has 2 N–H and O–H groups in total. The Bertz CT molecular complexity index is 1080. The summed E-state index contributed by atoms with van der Waals surface area (Å²) in [7, 11) is 0. The lowest BCUT2D eigenvalue weighted by Crippen LogP contribution is -2.37. The number of rotatable bonds is 5. The first kappa shape index (κ1) is 18.7. The fourth-order valence-corrected chi connectivity index (χ4v) is 2.96. The van der Waals surface area contributed by atoms with Crippen LogP contribution in [-0.4, -0.2) is 22.9 Å². The topological polar surface area (TPSA) is 80.2 Å². The second kappa shape index (κ2) is 8.05. The Morgan fingerprint density at radius 2 is 1.81 bits per heavy atom. The standard InChI is InChI=1S/C20H18ClN3O3/c1-13-9-14-5-2-3-8-17(14)20(27)24(13)12-19(26)22-11-18(25)23-16-7-4-6-15(21)10-16/h2-10H,11-12H2,1H3,(H,22,26)(H,23,25). The van der Waals surface area contributed by atoms with Gasteiger partial charge in [0.15, 0.2) is 0 Å². The Hall–Kier alpha value is -3.12. The number of pyridine rings is 1. The lowest BCUT2D eigenvalue weighted by atomic mass is 10.1. The zero-order chi connectivity index (χ0) is 19.4. The third kappa shape index (κ3) is 4.54. The van der Waals surface area contributed by atoms with Gasteiger partial charge in [-0.15, -0.1) is 0 Å². The molecule has 0 saturated heterocycles. The van der Waals surface area contributed by atoms with Gasteiger partial charge in [0.25, 0.3) is 5.56 Å². The van der Waals surface area contributed by atoms with E-state index in [1.165, 1.54) is 4.57 Å². The summed E-state index contributed by atoms with van der Waals surface area (Å²) in [6, 6.07) is 15.8. The van der Waals surface area contributed by atoms with E-state index in [2.05, 4.69) is 10.6 Å². The average molecular weight is 384 g/mol. The number of nitrogens with one attached hydrogen (secondary N) is 2. The maximum atomic E-state index is 12.6. The molecule has 7 heteroatoms. The molecule has 27 heavy (non-hydrogen) atoms. The highest BCUT2D eigenvalue weighted by Gasteiger charge is 2.11. The van der Waals surface area contributed by atoms with Gasteiger partial charge in [-0.3, -0.25) is 14.4 Å². The minimum atomic E-state index is -0.420. The van der Waals surface area contributed by atoms with Crippen LogP contribution in [0.3, 0.4) is 0 Å². The van der Waals surface area contributed by atoms with Crippen molar-refractivity contribution in [1.82, 2.24) is 9.88 Å². The molecule has 0 radical (unpaired) electrons. The zero-order valence-electron chi connectivity index (χ0n) is 14.7. The number of halogens is 1. The molecule has 0 fully saturated rings. The van der Waals surface area contributed by atoms with Gasteiger partial charge in [0.05, 0.1) is 6.54 Å². The first-order valence-electron chi connectivity index (χ1n) is 8.35. The Labute approximate surface area is 160 Å². The zero-order valence-corrected chi connectivity index (χ0v) is 15.4. The van der Waals surface area contributed by atoms with Gasteiger partial charge in [0, 0.05) is 21.8 Å². The first-order chi connectivity index (χ1) is 12.9. The van der Waals surface area contributed by atoms with Crippen molar-refractivity contribution < 1.29 is 9.59 Å². The molecule has 0 saturated carbocycles. The maximum absolute atomic E-state index is 12.6. The van der Waals surface area contributed by atoms with Crippen molar-refractivity contribution in [2.45, 2.75) is 13.5 Å². The van der Waals surface area contributed by atoms with Gasteiger partial charge in [-0.25, -0.2) is 0 Å². The number of nitrogens with zero attached hydrogens (tertiary/aromatic N) is 1. The second-order valence-electron chi connectivity index (χ2n) is 6.10. The first-order valence-corrected chi connectivity index (χ1v) is 8.73. The Kier molecular flexibility index (Phi) is 5.57. The summed E-state index contributed by atoms with van der Waals surface area (Å²) in [5.74, 6) is -0.801. The molecule has 3 rings (SSSR count). The van der Waals surface area contributed by atoms with Gasteiger partial charge < -0.3 is 15.2 Å². The summed E-state index contributed by atoms with van der Waals surface area (Å²) in [4.78, 5) is 36.7. The number of amides is 2. The second-order valence-corrected chi connectivity index (χ2v) is 6.54. The van der Waals surface area contributed by atoms with Gasteiger partial charge in [0.2, 0.25) is 11.8 Å². The quantitative estimate of drug-likeness (QED) is 0.710. The van der Waals surface area contributed by atoms with Crippen LogP contribution in [0.15, 0.2) is 59.4 Å². The molecule has 0 unspecified atom stereocenters. The highest BCUT2D eigenvalue weighted by atomic mass is 35.5. The van der Waals surface area contributed by atoms with Gasteiger partial charge in [0.1, 0.15) is 6.54 Å². The number of fused-ring (bicyclic) bond motifs is 1. The summed E-state index contributed by atoms with van der Waals surface area (Å²) in [5.41, 5.74) is 0.990. The average Bonchev–Trinajstić information content (AvgIpc) is 2.63. The van der Waals surface area contributed by atoms with E-state index in [9.17, 15) is 14.4 Å². The lowest BCUT2D eigenvalue weighted by molar-refractivity contribution is -0.124. The normalized spacial score (nSPS) is 10.6. The number of anilines is 1. The van der Waals surface area contributed by atoms with E-state index in [0.29, 0.717) is 21.8 Å². The monoisotopic (exact) mass is 383 g/mol. The summed E-state index contributed by atoms with van der Waals surface area (Å²) >= 11 is 5.86. The molecule has 0 aliphatic rings. The number of carbonyl (C=O) groups is 2. The Morgan fingerprint density at radius 3 is 2.59 bits per heavy atom. The van der Waals surface area contributed by atoms with Gasteiger partial charge in [-0.05, 0) is 42.6 Å². The smallest absolute Gasteiger partial charge is 0.259 e. The molecule has 3 aromatic rings. The number of hydrogen-bond donors (Lipinski definition) is 2. The van der Waals surface area contributed by atoms with Crippen molar-refractivity contribution in [3.63, 3.8) is 0 Å². The molecule has 2 amide bonds. The van der Waals surface area contributed by atoms with Crippen LogP contribution in [-0.2, 0) is 16.1 Å². The van der Waals surface area contributed by atoms with Crippen molar-refractivity contribution in [3.05, 3.63) is 75.7 Å². The molecule has 0 bridgehead atoms. The number of hydrogen-bond acceptors (Lipinski definition) is 3. The highest BCUT2D eigenvalue weighted by Crippen LogP contribution is 2.14.